The third kappa shape index (κ3) is 4.06. The monoisotopic (exact) mass is 447 g/mol. The van der Waals surface area contributed by atoms with E-state index in [2.05, 4.69) is 37.3 Å². The number of carbonyl (C=O) groups excluding carboxylic acids is 3. The minimum absolute atomic E-state index is 0.0751. The summed E-state index contributed by atoms with van der Waals surface area (Å²) in [7, 11) is 0. The number of hydrazine groups is 1. The van der Waals surface area contributed by atoms with Gasteiger partial charge in [0.2, 0.25) is 0 Å². The van der Waals surface area contributed by atoms with E-state index in [9.17, 15) is 14.4 Å². The Morgan fingerprint density at radius 3 is 2.57 bits per heavy atom. The smallest absolute Gasteiger partial charge is 0.332 e. The molecule has 1 heterocycles. The summed E-state index contributed by atoms with van der Waals surface area (Å²) in [6.45, 7) is 1.72. The highest BCUT2D eigenvalue weighted by molar-refractivity contribution is 9.10. The fourth-order valence-corrected chi connectivity index (χ4v) is 3.47. The molecule has 0 fully saturated rings. The summed E-state index contributed by atoms with van der Waals surface area (Å²) in [6, 6.07) is 6.07. The Morgan fingerprint density at radius 1 is 1.14 bits per heavy atom. The minimum Gasteiger partial charge on any atom is -0.455 e. The van der Waals surface area contributed by atoms with Gasteiger partial charge in [-0.2, -0.15) is 5.10 Å². The number of urea groups is 1. The van der Waals surface area contributed by atoms with Crippen molar-refractivity contribution in [1.82, 2.24) is 16.3 Å². The van der Waals surface area contributed by atoms with Gasteiger partial charge in [-0.3, -0.25) is 20.4 Å². The number of benzene rings is 1. The first-order valence-electron chi connectivity index (χ1n) is 8.48. The van der Waals surface area contributed by atoms with Crippen molar-refractivity contribution >= 4 is 39.5 Å². The van der Waals surface area contributed by atoms with Crippen LogP contribution in [0.15, 0.2) is 38.3 Å². The van der Waals surface area contributed by atoms with Gasteiger partial charge < -0.3 is 10.2 Å². The molecule has 0 saturated heterocycles. The number of carbonyl (C=O) groups is 3. The highest BCUT2D eigenvalue weighted by Gasteiger charge is 2.28. The Labute approximate surface area is 168 Å². The number of halogens is 1. The average molecular weight is 448 g/mol. The van der Waals surface area contributed by atoms with Crippen LogP contribution in [0.3, 0.4) is 0 Å². The first kappa shape index (κ1) is 19.6. The van der Waals surface area contributed by atoms with Crippen LogP contribution in [-0.4, -0.2) is 23.6 Å². The maximum absolute atomic E-state index is 12.5. The van der Waals surface area contributed by atoms with Crippen molar-refractivity contribution in [2.75, 3.05) is 0 Å². The van der Waals surface area contributed by atoms with Gasteiger partial charge in [-0.05, 0) is 47.8 Å². The lowest BCUT2D eigenvalue weighted by Crippen LogP contribution is -2.41. The Bertz CT molecular complexity index is 982. The number of fused-ring (bicyclic) bond motifs is 1. The molecule has 10 heteroatoms. The second-order valence-corrected chi connectivity index (χ2v) is 6.98. The van der Waals surface area contributed by atoms with Crippen molar-refractivity contribution in [3.8, 4) is 0 Å². The Hall–Kier alpha value is -3.14. The van der Waals surface area contributed by atoms with Crippen LogP contribution in [0.2, 0.25) is 0 Å². The molecule has 1 aliphatic rings. The van der Waals surface area contributed by atoms with Gasteiger partial charge in [-0.15, -0.1) is 0 Å². The predicted octanol–water partition coefficient (Wildman–Crippen LogP) is 2.13. The van der Waals surface area contributed by atoms with E-state index in [0.29, 0.717) is 45.5 Å². The van der Waals surface area contributed by atoms with Crippen LogP contribution in [0.5, 0.6) is 0 Å². The molecule has 1 aliphatic carbocycles. The fourth-order valence-electron chi connectivity index (χ4n) is 3.00. The number of rotatable bonds is 3. The van der Waals surface area contributed by atoms with Gasteiger partial charge in [0, 0.05) is 22.0 Å². The van der Waals surface area contributed by atoms with Crippen molar-refractivity contribution in [3.05, 3.63) is 56.9 Å². The molecular weight excluding hydrogens is 430 g/mol. The van der Waals surface area contributed by atoms with Gasteiger partial charge in [0.15, 0.2) is 5.76 Å². The maximum Gasteiger partial charge on any atom is 0.332 e. The number of hydrogen-bond donors (Lipinski definition) is 4. The third-order valence-corrected chi connectivity index (χ3v) is 4.93. The molecule has 0 spiro atoms. The zero-order chi connectivity index (χ0) is 20.3. The van der Waals surface area contributed by atoms with Gasteiger partial charge in [0.05, 0.1) is 11.3 Å². The quantitative estimate of drug-likeness (QED) is 0.535. The SMILES string of the molecule is Cc1c(C(=O)NNC(=O)c2ccccc2Br)oc2c1/C(=N/NC(N)=O)CCC2. The summed E-state index contributed by atoms with van der Waals surface area (Å²) in [5, 5.41) is 4.01. The number of nitrogens with two attached hydrogens (primary N) is 1. The normalized spacial score (nSPS) is 14.3. The van der Waals surface area contributed by atoms with E-state index < -0.39 is 17.8 Å². The van der Waals surface area contributed by atoms with Crippen molar-refractivity contribution in [1.29, 1.82) is 0 Å². The van der Waals surface area contributed by atoms with Crippen LogP contribution in [-0.2, 0) is 6.42 Å². The molecular formula is C18H18BrN5O4. The molecule has 146 valence electrons. The molecule has 0 unspecified atom stereocenters. The summed E-state index contributed by atoms with van der Waals surface area (Å²) in [5.74, 6) is -0.376. The topological polar surface area (TPSA) is 139 Å². The van der Waals surface area contributed by atoms with E-state index in [0.717, 1.165) is 6.42 Å². The molecule has 2 aromatic rings. The van der Waals surface area contributed by atoms with Gasteiger partial charge >= 0.3 is 11.9 Å². The van der Waals surface area contributed by atoms with Gasteiger partial charge in [-0.1, -0.05) is 12.1 Å². The van der Waals surface area contributed by atoms with Crippen LogP contribution in [0.4, 0.5) is 4.79 Å². The lowest BCUT2D eigenvalue weighted by molar-refractivity contribution is 0.0829. The van der Waals surface area contributed by atoms with E-state index in [-0.39, 0.29) is 5.76 Å². The molecule has 0 aliphatic heterocycles. The molecule has 0 radical (unpaired) electrons. The Morgan fingerprint density at radius 2 is 1.86 bits per heavy atom. The van der Waals surface area contributed by atoms with Crippen LogP contribution < -0.4 is 22.0 Å². The molecule has 1 aromatic carbocycles. The lowest BCUT2D eigenvalue weighted by atomic mass is 9.93. The number of aryl methyl sites for hydroxylation is 1. The Kier molecular flexibility index (Phi) is 5.78. The molecule has 1 aromatic heterocycles. The molecule has 0 saturated carbocycles. The predicted molar refractivity (Wildman–Crippen MR) is 105 cm³/mol. The number of amides is 4. The highest BCUT2D eigenvalue weighted by Crippen LogP contribution is 2.29. The van der Waals surface area contributed by atoms with Crippen molar-refractivity contribution in [2.24, 2.45) is 10.8 Å². The van der Waals surface area contributed by atoms with Crippen molar-refractivity contribution in [3.63, 3.8) is 0 Å². The molecule has 28 heavy (non-hydrogen) atoms. The van der Waals surface area contributed by atoms with Crippen molar-refractivity contribution in [2.45, 2.75) is 26.2 Å². The van der Waals surface area contributed by atoms with E-state index in [1.165, 1.54) is 0 Å². The first-order valence-corrected chi connectivity index (χ1v) is 9.27. The Balaban J connectivity index is 1.76. The summed E-state index contributed by atoms with van der Waals surface area (Å²) in [5.41, 5.74) is 14.2. The second-order valence-electron chi connectivity index (χ2n) is 6.13. The number of nitrogens with zero attached hydrogens (tertiary/aromatic N) is 1. The fraction of sp³-hybridized carbons (Fsp3) is 0.222. The van der Waals surface area contributed by atoms with Gasteiger partial charge in [0.25, 0.3) is 5.91 Å². The molecule has 4 amide bonds. The number of hydrogen-bond acceptors (Lipinski definition) is 5. The number of furan rings is 1. The largest absolute Gasteiger partial charge is 0.455 e. The third-order valence-electron chi connectivity index (χ3n) is 4.24. The van der Waals surface area contributed by atoms with Gasteiger partial charge in [-0.25, -0.2) is 10.2 Å². The first-order chi connectivity index (χ1) is 13.4. The minimum atomic E-state index is -0.770. The molecule has 0 atom stereocenters. The molecule has 0 bridgehead atoms. The average Bonchev–Trinajstić information content (AvgIpc) is 3.02. The van der Waals surface area contributed by atoms with Crippen LogP contribution in [0.25, 0.3) is 0 Å². The number of hydrazone groups is 1. The highest BCUT2D eigenvalue weighted by atomic mass is 79.9. The summed E-state index contributed by atoms with van der Waals surface area (Å²) >= 11 is 3.29. The van der Waals surface area contributed by atoms with Crippen molar-refractivity contribution < 1.29 is 18.8 Å². The molecule has 3 rings (SSSR count). The summed E-state index contributed by atoms with van der Waals surface area (Å²) in [4.78, 5) is 35.7. The lowest BCUT2D eigenvalue weighted by Gasteiger charge is -2.13. The van der Waals surface area contributed by atoms with Crippen LogP contribution in [0, 0.1) is 6.92 Å². The van der Waals surface area contributed by atoms with E-state index in [1.807, 2.05) is 0 Å². The van der Waals surface area contributed by atoms with E-state index in [1.54, 1.807) is 31.2 Å². The van der Waals surface area contributed by atoms with E-state index in [4.69, 9.17) is 10.2 Å². The standard InChI is InChI=1S/C18H18BrN5O4/c1-9-14-12(21-24-18(20)27)7-4-8-13(14)28-15(9)17(26)23-22-16(25)10-5-2-3-6-11(10)19/h2-3,5-6H,4,7-8H2,1H3,(H,22,25)(H,23,26)(H3,20,24,27)/b21-12+. The second kappa shape index (κ2) is 8.26. The maximum atomic E-state index is 12.5. The summed E-state index contributed by atoms with van der Waals surface area (Å²) in [6.07, 6.45) is 2.02. The number of primary amides is 1. The zero-order valence-corrected chi connectivity index (χ0v) is 16.6. The molecule has 5 N–H and O–H groups in total. The van der Waals surface area contributed by atoms with Crippen LogP contribution in [0.1, 0.15) is 50.6 Å². The van der Waals surface area contributed by atoms with Crippen LogP contribution >= 0.6 is 15.9 Å². The zero-order valence-electron chi connectivity index (χ0n) is 15.0. The summed E-state index contributed by atoms with van der Waals surface area (Å²) < 4.78 is 6.31. The molecule has 9 nitrogen and oxygen atoms in total. The van der Waals surface area contributed by atoms with Gasteiger partial charge in [0.1, 0.15) is 5.76 Å². The number of nitrogens with one attached hydrogen (secondary N) is 3. The van der Waals surface area contributed by atoms with E-state index >= 15 is 0 Å².